The molecule has 1 aliphatic heterocycles. The van der Waals surface area contributed by atoms with Crippen LogP contribution in [0.25, 0.3) is 0 Å². The molecule has 1 amide bonds. The van der Waals surface area contributed by atoms with Crippen molar-refractivity contribution in [1.29, 1.82) is 0 Å². The molecule has 1 aromatic carbocycles. The first-order valence-corrected chi connectivity index (χ1v) is 5.21. The molecule has 0 bridgehead atoms. The minimum Gasteiger partial charge on any atom is -0.375 e. The maximum atomic E-state index is 12.1. The molecule has 0 saturated carbocycles. The van der Waals surface area contributed by atoms with Gasteiger partial charge in [-0.15, -0.1) is 6.58 Å². The lowest BCUT2D eigenvalue weighted by atomic mass is 9.89. The van der Waals surface area contributed by atoms with E-state index in [9.17, 15) is 9.90 Å². The van der Waals surface area contributed by atoms with Gasteiger partial charge in [0.15, 0.2) is 5.60 Å². The second kappa shape index (κ2) is 3.46. The SMILES string of the molecule is C=C(C)CC1(O)C(=O)N(C)c2ccccc21. The summed E-state index contributed by atoms with van der Waals surface area (Å²) in [4.78, 5) is 13.6. The zero-order chi connectivity index (χ0) is 11.9. The maximum Gasteiger partial charge on any atom is 0.263 e. The van der Waals surface area contributed by atoms with Crippen molar-refractivity contribution in [2.45, 2.75) is 18.9 Å². The Morgan fingerprint density at radius 3 is 2.75 bits per heavy atom. The van der Waals surface area contributed by atoms with E-state index < -0.39 is 5.60 Å². The van der Waals surface area contributed by atoms with Gasteiger partial charge in [-0.05, 0) is 13.0 Å². The first-order chi connectivity index (χ1) is 7.47. The lowest BCUT2D eigenvalue weighted by molar-refractivity contribution is -0.135. The van der Waals surface area contributed by atoms with Crippen LogP contribution >= 0.6 is 0 Å². The number of benzene rings is 1. The number of rotatable bonds is 2. The molecule has 1 heterocycles. The molecule has 1 aliphatic rings. The van der Waals surface area contributed by atoms with E-state index in [1.165, 1.54) is 4.90 Å². The highest BCUT2D eigenvalue weighted by Crippen LogP contribution is 2.42. The van der Waals surface area contributed by atoms with E-state index in [2.05, 4.69) is 6.58 Å². The lowest BCUT2D eigenvalue weighted by Gasteiger charge is -2.21. The van der Waals surface area contributed by atoms with Crippen molar-refractivity contribution in [2.75, 3.05) is 11.9 Å². The van der Waals surface area contributed by atoms with Gasteiger partial charge in [0, 0.05) is 19.0 Å². The average molecular weight is 217 g/mol. The van der Waals surface area contributed by atoms with Crippen molar-refractivity contribution >= 4 is 11.6 Å². The molecule has 0 aromatic heterocycles. The minimum atomic E-state index is -1.43. The van der Waals surface area contributed by atoms with E-state index >= 15 is 0 Å². The molecule has 0 radical (unpaired) electrons. The van der Waals surface area contributed by atoms with Gasteiger partial charge in [-0.3, -0.25) is 4.79 Å². The summed E-state index contributed by atoms with van der Waals surface area (Å²) in [6.45, 7) is 5.58. The lowest BCUT2D eigenvalue weighted by Crippen LogP contribution is -2.38. The van der Waals surface area contributed by atoms with Gasteiger partial charge in [0.2, 0.25) is 0 Å². The van der Waals surface area contributed by atoms with Crippen molar-refractivity contribution in [2.24, 2.45) is 0 Å². The summed E-state index contributed by atoms with van der Waals surface area (Å²) >= 11 is 0. The first-order valence-electron chi connectivity index (χ1n) is 5.21. The fraction of sp³-hybridized carbons (Fsp3) is 0.308. The van der Waals surface area contributed by atoms with Crippen LogP contribution in [-0.2, 0) is 10.4 Å². The highest BCUT2D eigenvalue weighted by atomic mass is 16.3. The Bertz CT molecular complexity index is 467. The topological polar surface area (TPSA) is 40.5 Å². The molecule has 1 atom stereocenters. The molecule has 1 N–H and O–H groups in total. The molecular weight excluding hydrogens is 202 g/mol. The summed E-state index contributed by atoms with van der Waals surface area (Å²) in [6.07, 6.45) is 0.271. The number of para-hydroxylation sites is 1. The molecule has 0 saturated heterocycles. The second-order valence-electron chi connectivity index (χ2n) is 4.38. The molecule has 84 valence electrons. The maximum absolute atomic E-state index is 12.1. The largest absolute Gasteiger partial charge is 0.375 e. The van der Waals surface area contributed by atoms with Gasteiger partial charge in [-0.2, -0.15) is 0 Å². The van der Waals surface area contributed by atoms with Crippen LogP contribution in [-0.4, -0.2) is 18.1 Å². The van der Waals surface area contributed by atoms with Crippen molar-refractivity contribution in [3.8, 4) is 0 Å². The average Bonchev–Trinajstić information content (AvgIpc) is 2.42. The van der Waals surface area contributed by atoms with Crippen LogP contribution in [0.15, 0.2) is 36.4 Å². The molecule has 16 heavy (non-hydrogen) atoms. The summed E-state index contributed by atoms with van der Waals surface area (Å²) in [7, 11) is 1.68. The van der Waals surface area contributed by atoms with Crippen LogP contribution in [0.3, 0.4) is 0 Å². The number of amides is 1. The van der Waals surface area contributed by atoms with E-state index in [1.54, 1.807) is 13.1 Å². The van der Waals surface area contributed by atoms with Gasteiger partial charge >= 0.3 is 0 Å². The molecule has 2 rings (SSSR count). The van der Waals surface area contributed by atoms with E-state index in [4.69, 9.17) is 0 Å². The molecule has 1 unspecified atom stereocenters. The van der Waals surface area contributed by atoms with Gasteiger partial charge in [0.05, 0.1) is 5.69 Å². The fourth-order valence-corrected chi connectivity index (χ4v) is 2.23. The van der Waals surface area contributed by atoms with E-state index in [0.717, 1.165) is 11.3 Å². The summed E-state index contributed by atoms with van der Waals surface area (Å²) in [5, 5.41) is 10.5. The van der Waals surface area contributed by atoms with Crippen LogP contribution in [0.2, 0.25) is 0 Å². The van der Waals surface area contributed by atoms with Gasteiger partial charge in [-0.1, -0.05) is 23.8 Å². The molecule has 1 aromatic rings. The predicted molar refractivity (Wildman–Crippen MR) is 63.2 cm³/mol. The number of hydrogen-bond acceptors (Lipinski definition) is 2. The molecule has 0 aliphatic carbocycles. The zero-order valence-electron chi connectivity index (χ0n) is 9.53. The van der Waals surface area contributed by atoms with Crippen LogP contribution in [0.5, 0.6) is 0 Å². The predicted octanol–water partition coefficient (Wildman–Crippen LogP) is 1.82. The summed E-state index contributed by atoms with van der Waals surface area (Å²) in [5.41, 5.74) is 0.805. The fourth-order valence-electron chi connectivity index (χ4n) is 2.23. The molecule has 0 spiro atoms. The molecule has 3 nitrogen and oxygen atoms in total. The van der Waals surface area contributed by atoms with Gasteiger partial charge in [-0.25, -0.2) is 0 Å². The Balaban J connectivity index is 2.56. The Morgan fingerprint density at radius 1 is 1.50 bits per heavy atom. The van der Waals surface area contributed by atoms with Crippen molar-refractivity contribution in [3.63, 3.8) is 0 Å². The number of aliphatic hydroxyl groups is 1. The quantitative estimate of drug-likeness (QED) is 0.767. The summed E-state index contributed by atoms with van der Waals surface area (Å²) in [6, 6.07) is 7.31. The number of fused-ring (bicyclic) bond motifs is 1. The number of carbonyl (C=O) groups excluding carboxylic acids is 1. The number of anilines is 1. The van der Waals surface area contributed by atoms with Crippen LogP contribution in [0, 0.1) is 0 Å². The number of likely N-dealkylation sites (N-methyl/N-ethyl adjacent to an activating group) is 1. The monoisotopic (exact) mass is 217 g/mol. The Kier molecular flexibility index (Phi) is 2.35. The van der Waals surface area contributed by atoms with Gasteiger partial charge in [0.1, 0.15) is 0 Å². The summed E-state index contributed by atoms with van der Waals surface area (Å²) < 4.78 is 0. The molecule has 3 heteroatoms. The minimum absolute atomic E-state index is 0.271. The highest BCUT2D eigenvalue weighted by Gasteiger charge is 2.47. The number of hydrogen-bond donors (Lipinski definition) is 1. The highest BCUT2D eigenvalue weighted by molar-refractivity contribution is 6.06. The Labute approximate surface area is 95.0 Å². The molecule has 0 fully saturated rings. The normalized spacial score (nSPS) is 23.4. The standard InChI is InChI=1S/C13H15NO2/c1-9(2)8-13(16)10-6-4-5-7-11(10)14(3)12(13)15/h4-7,16H,1,8H2,2-3H3. The van der Waals surface area contributed by atoms with Gasteiger partial charge in [0.25, 0.3) is 5.91 Å². The Morgan fingerprint density at radius 2 is 2.12 bits per heavy atom. The van der Waals surface area contributed by atoms with E-state index in [0.29, 0.717) is 5.56 Å². The van der Waals surface area contributed by atoms with Crippen molar-refractivity contribution in [3.05, 3.63) is 42.0 Å². The van der Waals surface area contributed by atoms with Crippen LogP contribution in [0.4, 0.5) is 5.69 Å². The number of nitrogens with zero attached hydrogens (tertiary/aromatic N) is 1. The third-order valence-electron chi connectivity index (χ3n) is 2.93. The third kappa shape index (κ3) is 1.36. The van der Waals surface area contributed by atoms with Crippen LogP contribution in [0.1, 0.15) is 18.9 Å². The Hall–Kier alpha value is -1.61. The summed E-state index contributed by atoms with van der Waals surface area (Å²) in [5.74, 6) is -0.281. The van der Waals surface area contributed by atoms with Crippen LogP contribution < -0.4 is 4.90 Å². The smallest absolute Gasteiger partial charge is 0.263 e. The van der Waals surface area contributed by atoms with E-state index in [1.807, 2.05) is 25.1 Å². The number of carbonyl (C=O) groups is 1. The zero-order valence-corrected chi connectivity index (χ0v) is 9.53. The van der Waals surface area contributed by atoms with Gasteiger partial charge < -0.3 is 10.0 Å². The van der Waals surface area contributed by atoms with E-state index in [-0.39, 0.29) is 12.3 Å². The second-order valence-corrected chi connectivity index (χ2v) is 4.38. The molecular formula is C13H15NO2. The van der Waals surface area contributed by atoms with Crippen molar-refractivity contribution in [1.82, 2.24) is 0 Å². The van der Waals surface area contributed by atoms with Crippen molar-refractivity contribution < 1.29 is 9.90 Å². The first kappa shape index (κ1) is 10.9. The third-order valence-corrected chi connectivity index (χ3v) is 2.93.